The third-order valence-corrected chi connectivity index (χ3v) is 3.89. The van der Waals surface area contributed by atoms with Crippen LogP contribution in [0.25, 0.3) is 0 Å². The van der Waals surface area contributed by atoms with E-state index in [1.54, 1.807) is 18.9 Å². The molecule has 0 aromatic heterocycles. The molecule has 19 heavy (non-hydrogen) atoms. The Hall–Kier alpha value is -1.20. The van der Waals surface area contributed by atoms with Crippen molar-refractivity contribution >= 4 is 17.7 Å². The minimum absolute atomic E-state index is 0.161. The molecule has 1 unspecified atom stereocenters. The van der Waals surface area contributed by atoms with Gasteiger partial charge in [-0.25, -0.2) is 0 Å². The van der Waals surface area contributed by atoms with Gasteiger partial charge < -0.3 is 14.8 Å². The van der Waals surface area contributed by atoms with Gasteiger partial charge in [-0.3, -0.25) is 4.79 Å². The molecule has 0 saturated heterocycles. The third-order valence-electron chi connectivity index (χ3n) is 2.83. The second kappa shape index (κ2) is 8.82. The molecule has 1 rings (SSSR count). The first-order chi connectivity index (χ1) is 9.22. The normalized spacial score (nSPS) is 11.9. The first kappa shape index (κ1) is 15.9. The molecule has 1 aromatic rings. The predicted octanol–water partition coefficient (Wildman–Crippen LogP) is 2.25. The molecule has 0 heterocycles. The van der Waals surface area contributed by atoms with E-state index in [0.29, 0.717) is 6.42 Å². The summed E-state index contributed by atoms with van der Waals surface area (Å²) in [6.07, 6.45) is 0.448. The minimum Gasteiger partial charge on any atom is -0.496 e. The summed E-state index contributed by atoms with van der Waals surface area (Å²) >= 11 is 1.72. The van der Waals surface area contributed by atoms with Crippen molar-refractivity contribution in [3.63, 3.8) is 0 Å². The van der Waals surface area contributed by atoms with Crippen LogP contribution in [0.15, 0.2) is 24.3 Å². The molecular weight excluding hydrogens is 262 g/mol. The van der Waals surface area contributed by atoms with Crippen LogP contribution in [0.3, 0.4) is 0 Å². The smallest absolute Gasteiger partial charge is 0.306 e. The summed E-state index contributed by atoms with van der Waals surface area (Å²) in [5.74, 6) is 2.37. The molecule has 0 radical (unpaired) electrons. The molecule has 106 valence electrons. The molecule has 0 aliphatic heterocycles. The van der Waals surface area contributed by atoms with Crippen molar-refractivity contribution in [1.29, 1.82) is 0 Å². The van der Waals surface area contributed by atoms with Crippen LogP contribution in [-0.4, -0.2) is 38.7 Å². The van der Waals surface area contributed by atoms with Crippen molar-refractivity contribution in [2.75, 3.05) is 32.8 Å². The SMILES string of the molecule is CNC(CSCCC(=O)OC)c1ccccc1OC. The number of benzene rings is 1. The van der Waals surface area contributed by atoms with Gasteiger partial charge in [0.1, 0.15) is 5.75 Å². The predicted molar refractivity (Wildman–Crippen MR) is 78.8 cm³/mol. The highest BCUT2D eigenvalue weighted by molar-refractivity contribution is 7.99. The van der Waals surface area contributed by atoms with E-state index in [2.05, 4.69) is 16.1 Å². The number of rotatable bonds is 8. The highest BCUT2D eigenvalue weighted by Gasteiger charge is 2.14. The summed E-state index contributed by atoms with van der Waals surface area (Å²) in [7, 11) is 5.02. The van der Waals surface area contributed by atoms with Crippen LogP contribution in [0.1, 0.15) is 18.0 Å². The maximum atomic E-state index is 11.0. The molecule has 0 aliphatic rings. The number of carbonyl (C=O) groups excluding carboxylic acids is 1. The lowest BCUT2D eigenvalue weighted by Crippen LogP contribution is -2.19. The first-order valence-corrected chi connectivity index (χ1v) is 7.33. The number of methoxy groups -OCH3 is 2. The number of para-hydroxylation sites is 1. The number of hydrogen-bond acceptors (Lipinski definition) is 5. The Balaban J connectivity index is 2.51. The standard InChI is InChI=1S/C14H21NO3S/c1-15-12(10-19-9-8-14(16)18-3)11-6-4-5-7-13(11)17-2/h4-7,12,15H,8-10H2,1-3H3. The van der Waals surface area contributed by atoms with Gasteiger partial charge in [-0.2, -0.15) is 11.8 Å². The second-order valence-electron chi connectivity index (χ2n) is 3.98. The fourth-order valence-corrected chi connectivity index (χ4v) is 2.80. The van der Waals surface area contributed by atoms with Gasteiger partial charge >= 0.3 is 5.97 Å². The average Bonchev–Trinajstić information content (AvgIpc) is 2.47. The van der Waals surface area contributed by atoms with E-state index in [0.717, 1.165) is 22.8 Å². The molecule has 0 bridgehead atoms. The highest BCUT2D eigenvalue weighted by atomic mass is 32.2. The van der Waals surface area contributed by atoms with Gasteiger partial charge in [-0.05, 0) is 13.1 Å². The summed E-state index contributed by atoms with van der Waals surface area (Å²) in [5.41, 5.74) is 1.14. The summed E-state index contributed by atoms with van der Waals surface area (Å²) in [4.78, 5) is 11.0. The fourth-order valence-electron chi connectivity index (χ4n) is 1.74. The highest BCUT2D eigenvalue weighted by Crippen LogP contribution is 2.27. The Labute approximate surface area is 118 Å². The van der Waals surface area contributed by atoms with Gasteiger partial charge in [0.2, 0.25) is 0 Å². The molecular formula is C14H21NO3S. The van der Waals surface area contributed by atoms with Crippen LogP contribution >= 0.6 is 11.8 Å². The van der Waals surface area contributed by atoms with Crippen LogP contribution in [0, 0.1) is 0 Å². The van der Waals surface area contributed by atoms with Crippen LogP contribution in [0.4, 0.5) is 0 Å². The van der Waals surface area contributed by atoms with E-state index < -0.39 is 0 Å². The Morgan fingerprint density at radius 1 is 1.37 bits per heavy atom. The van der Waals surface area contributed by atoms with Gasteiger partial charge in [0.15, 0.2) is 0 Å². The quantitative estimate of drug-likeness (QED) is 0.586. The van der Waals surface area contributed by atoms with Gasteiger partial charge in [-0.15, -0.1) is 0 Å². The van der Waals surface area contributed by atoms with Gasteiger partial charge in [0.25, 0.3) is 0 Å². The van der Waals surface area contributed by atoms with Crippen molar-refractivity contribution < 1.29 is 14.3 Å². The Bertz CT molecular complexity index is 398. The number of thioether (sulfide) groups is 1. The number of esters is 1. The summed E-state index contributed by atoms with van der Waals surface area (Å²) in [6.45, 7) is 0. The maximum Gasteiger partial charge on any atom is 0.306 e. The lowest BCUT2D eigenvalue weighted by atomic mass is 10.1. The average molecular weight is 283 g/mol. The third kappa shape index (κ3) is 5.12. The molecule has 5 heteroatoms. The van der Waals surface area contributed by atoms with Crippen LogP contribution in [0.5, 0.6) is 5.75 Å². The van der Waals surface area contributed by atoms with Crippen molar-refractivity contribution in [1.82, 2.24) is 5.32 Å². The van der Waals surface area contributed by atoms with Gasteiger partial charge in [0.05, 0.1) is 20.6 Å². The topological polar surface area (TPSA) is 47.6 Å². The van der Waals surface area contributed by atoms with Crippen molar-refractivity contribution in [2.45, 2.75) is 12.5 Å². The lowest BCUT2D eigenvalue weighted by molar-refractivity contribution is -0.140. The zero-order valence-electron chi connectivity index (χ0n) is 11.6. The molecule has 0 amide bonds. The van der Waals surface area contributed by atoms with Crippen molar-refractivity contribution in [3.8, 4) is 5.75 Å². The number of ether oxygens (including phenoxy) is 2. The molecule has 0 saturated carbocycles. The van der Waals surface area contributed by atoms with E-state index in [1.165, 1.54) is 7.11 Å². The number of hydrogen-bond donors (Lipinski definition) is 1. The van der Waals surface area contributed by atoms with Crippen molar-refractivity contribution in [3.05, 3.63) is 29.8 Å². The minimum atomic E-state index is -0.161. The van der Waals surface area contributed by atoms with E-state index in [-0.39, 0.29) is 12.0 Å². The largest absolute Gasteiger partial charge is 0.496 e. The van der Waals surface area contributed by atoms with Gasteiger partial charge in [0, 0.05) is 23.1 Å². The van der Waals surface area contributed by atoms with E-state index >= 15 is 0 Å². The molecule has 1 aromatic carbocycles. The molecule has 4 nitrogen and oxygen atoms in total. The molecule has 0 fully saturated rings. The van der Waals surface area contributed by atoms with Crippen LogP contribution in [0.2, 0.25) is 0 Å². The number of carbonyl (C=O) groups is 1. The zero-order valence-corrected chi connectivity index (χ0v) is 12.5. The van der Waals surface area contributed by atoms with E-state index in [4.69, 9.17) is 4.74 Å². The van der Waals surface area contributed by atoms with Gasteiger partial charge in [-0.1, -0.05) is 18.2 Å². The van der Waals surface area contributed by atoms with Crippen LogP contribution < -0.4 is 10.1 Å². The summed E-state index contributed by atoms with van der Waals surface area (Å²) in [5, 5.41) is 3.28. The monoisotopic (exact) mass is 283 g/mol. The second-order valence-corrected chi connectivity index (χ2v) is 5.13. The Kier molecular flexibility index (Phi) is 7.36. The molecule has 1 atom stereocenters. The molecule has 1 N–H and O–H groups in total. The van der Waals surface area contributed by atoms with Crippen molar-refractivity contribution in [2.24, 2.45) is 0 Å². The van der Waals surface area contributed by atoms with E-state index in [1.807, 2.05) is 25.2 Å². The summed E-state index contributed by atoms with van der Waals surface area (Å²) < 4.78 is 9.98. The Morgan fingerprint density at radius 3 is 2.74 bits per heavy atom. The fraction of sp³-hybridized carbons (Fsp3) is 0.500. The van der Waals surface area contributed by atoms with Crippen LogP contribution in [-0.2, 0) is 9.53 Å². The number of nitrogens with one attached hydrogen (secondary N) is 1. The molecule has 0 spiro atoms. The first-order valence-electron chi connectivity index (χ1n) is 6.17. The zero-order chi connectivity index (χ0) is 14.1. The summed E-state index contributed by atoms with van der Waals surface area (Å²) in [6, 6.07) is 8.18. The van der Waals surface area contributed by atoms with E-state index in [9.17, 15) is 4.79 Å². The Morgan fingerprint density at radius 2 is 2.11 bits per heavy atom. The lowest BCUT2D eigenvalue weighted by Gasteiger charge is -2.18. The maximum absolute atomic E-state index is 11.0. The molecule has 0 aliphatic carbocycles.